The van der Waals surface area contributed by atoms with Gasteiger partial charge < -0.3 is 10.1 Å². The van der Waals surface area contributed by atoms with Crippen molar-refractivity contribution in [3.05, 3.63) is 89.5 Å². The first-order chi connectivity index (χ1) is 14.1. The fourth-order valence-corrected chi connectivity index (χ4v) is 3.25. The van der Waals surface area contributed by atoms with Gasteiger partial charge in [-0.2, -0.15) is 0 Å². The molecule has 144 valence electrons. The molecule has 0 spiro atoms. The van der Waals surface area contributed by atoms with E-state index in [1.165, 1.54) is 0 Å². The van der Waals surface area contributed by atoms with Crippen molar-refractivity contribution < 1.29 is 19.1 Å². The number of para-hydroxylation sites is 2. The van der Waals surface area contributed by atoms with Crippen LogP contribution in [0.1, 0.15) is 26.3 Å². The van der Waals surface area contributed by atoms with Gasteiger partial charge in [0.25, 0.3) is 17.7 Å². The lowest BCUT2D eigenvalue weighted by molar-refractivity contribution is -0.118. The molecule has 6 heteroatoms. The number of hydrogen-bond acceptors (Lipinski definition) is 4. The highest BCUT2D eigenvalue weighted by Crippen LogP contribution is 2.32. The Kier molecular flexibility index (Phi) is 4.83. The van der Waals surface area contributed by atoms with E-state index in [0.29, 0.717) is 11.4 Å². The summed E-state index contributed by atoms with van der Waals surface area (Å²) in [5, 5.41) is 2.69. The van der Waals surface area contributed by atoms with E-state index < -0.39 is 17.7 Å². The highest BCUT2D eigenvalue weighted by atomic mass is 16.5. The first kappa shape index (κ1) is 18.4. The zero-order valence-electron chi connectivity index (χ0n) is 15.7. The topological polar surface area (TPSA) is 75.7 Å². The second-order valence-corrected chi connectivity index (χ2v) is 6.61. The van der Waals surface area contributed by atoms with Crippen molar-refractivity contribution in [1.29, 1.82) is 0 Å². The van der Waals surface area contributed by atoms with E-state index in [-0.39, 0.29) is 23.4 Å². The van der Waals surface area contributed by atoms with Crippen LogP contribution in [0.25, 0.3) is 0 Å². The van der Waals surface area contributed by atoms with Gasteiger partial charge in [-0.15, -0.1) is 0 Å². The molecule has 6 nitrogen and oxygen atoms in total. The Morgan fingerprint density at radius 3 is 2.38 bits per heavy atom. The van der Waals surface area contributed by atoms with Crippen LogP contribution in [0.4, 0.5) is 11.4 Å². The molecular formula is C23H18N2O4. The summed E-state index contributed by atoms with van der Waals surface area (Å²) in [5.41, 5.74) is 2.14. The number of rotatable bonds is 5. The number of fused-ring (bicyclic) bond motifs is 1. The number of carbonyl (C=O) groups excluding carboxylic acids is 3. The molecule has 1 aliphatic heterocycles. The van der Waals surface area contributed by atoms with Gasteiger partial charge in [-0.05, 0) is 42.8 Å². The van der Waals surface area contributed by atoms with Crippen LogP contribution in [0.15, 0.2) is 72.8 Å². The predicted octanol–water partition coefficient (Wildman–Crippen LogP) is 3.81. The Hall–Kier alpha value is -3.93. The summed E-state index contributed by atoms with van der Waals surface area (Å²) in [5.74, 6) is -0.683. The van der Waals surface area contributed by atoms with Crippen LogP contribution in [0.2, 0.25) is 0 Å². The first-order valence-corrected chi connectivity index (χ1v) is 9.11. The Labute approximate surface area is 167 Å². The third kappa shape index (κ3) is 3.48. The number of aryl methyl sites for hydroxylation is 1. The number of benzene rings is 3. The number of ether oxygens (including phenoxy) is 1. The Balaban J connectivity index is 1.54. The van der Waals surface area contributed by atoms with Crippen LogP contribution in [0.3, 0.4) is 0 Å². The van der Waals surface area contributed by atoms with Crippen LogP contribution in [-0.4, -0.2) is 24.3 Å². The minimum absolute atomic E-state index is 0.186. The molecule has 3 amide bonds. The zero-order chi connectivity index (χ0) is 20.4. The second kappa shape index (κ2) is 7.59. The van der Waals surface area contributed by atoms with Crippen LogP contribution < -0.4 is 15.0 Å². The normalized spacial score (nSPS) is 12.7. The van der Waals surface area contributed by atoms with Crippen molar-refractivity contribution in [3.63, 3.8) is 0 Å². The third-order valence-corrected chi connectivity index (χ3v) is 4.66. The van der Waals surface area contributed by atoms with Gasteiger partial charge in [0.15, 0.2) is 6.61 Å². The molecule has 0 aromatic heterocycles. The highest BCUT2D eigenvalue weighted by Gasteiger charge is 2.38. The summed E-state index contributed by atoms with van der Waals surface area (Å²) in [4.78, 5) is 39.2. The Bertz CT molecular complexity index is 1110. The molecule has 4 rings (SSSR count). The number of nitrogens with one attached hydrogen (secondary N) is 1. The molecule has 0 aliphatic carbocycles. The van der Waals surface area contributed by atoms with E-state index >= 15 is 0 Å². The molecule has 0 bridgehead atoms. The minimum atomic E-state index is -0.466. The smallest absolute Gasteiger partial charge is 0.268 e. The maximum atomic E-state index is 13.0. The van der Waals surface area contributed by atoms with Gasteiger partial charge in [0.1, 0.15) is 5.75 Å². The summed E-state index contributed by atoms with van der Waals surface area (Å²) in [7, 11) is 0. The summed E-state index contributed by atoms with van der Waals surface area (Å²) in [6, 6.07) is 20.9. The molecule has 3 aromatic rings. The quantitative estimate of drug-likeness (QED) is 0.677. The van der Waals surface area contributed by atoms with Gasteiger partial charge >= 0.3 is 0 Å². The van der Waals surface area contributed by atoms with Crippen molar-refractivity contribution in [2.75, 3.05) is 16.8 Å². The lowest BCUT2D eigenvalue weighted by Crippen LogP contribution is -2.29. The average molecular weight is 386 g/mol. The van der Waals surface area contributed by atoms with Crippen LogP contribution in [0.5, 0.6) is 5.75 Å². The number of hydrogen-bond donors (Lipinski definition) is 1. The Morgan fingerprint density at radius 1 is 0.897 bits per heavy atom. The predicted molar refractivity (Wildman–Crippen MR) is 109 cm³/mol. The lowest BCUT2D eigenvalue weighted by Gasteiger charge is -2.14. The van der Waals surface area contributed by atoms with Gasteiger partial charge in [0.2, 0.25) is 0 Å². The molecule has 1 heterocycles. The largest absolute Gasteiger partial charge is 0.483 e. The van der Waals surface area contributed by atoms with Crippen molar-refractivity contribution in [2.45, 2.75) is 6.92 Å². The number of anilines is 2. The van der Waals surface area contributed by atoms with Crippen molar-refractivity contribution in [3.8, 4) is 5.75 Å². The number of imide groups is 1. The first-order valence-electron chi connectivity index (χ1n) is 9.11. The molecule has 1 N–H and O–H groups in total. The van der Waals surface area contributed by atoms with Crippen molar-refractivity contribution >= 4 is 29.1 Å². The zero-order valence-corrected chi connectivity index (χ0v) is 15.7. The standard InChI is InChI=1S/C23H18N2O4/c1-15-8-5-6-13-19(15)29-14-20(26)24-18-12-7-11-17-21(18)23(28)25(22(17)27)16-9-3-2-4-10-16/h2-13H,14H2,1H3,(H,24,26). The van der Waals surface area contributed by atoms with Gasteiger partial charge in [-0.1, -0.05) is 42.5 Å². The molecular weight excluding hydrogens is 368 g/mol. The fraction of sp³-hybridized carbons (Fsp3) is 0.0870. The monoisotopic (exact) mass is 386 g/mol. The van der Waals surface area contributed by atoms with E-state index in [1.54, 1.807) is 48.5 Å². The third-order valence-electron chi connectivity index (χ3n) is 4.66. The molecule has 29 heavy (non-hydrogen) atoms. The number of nitrogens with zero attached hydrogens (tertiary/aromatic N) is 1. The summed E-state index contributed by atoms with van der Waals surface area (Å²) in [6.07, 6.45) is 0. The van der Waals surface area contributed by atoms with E-state index in [9.17, 15) is 14.4 Å². The number of carbonyl (C=O) groups is 3. The minimum Gasteiger partial charge on any atom is -0.483 e. The molecule has 0 saturated heterocycles. The summed E-state index contributed by atoms with van der Waals surface area (Å²) < 4.78 is 5.55. The van der Waals surface area contributed by atoms with E-state index in [1.807, 2.05) is 31.2 Å². The molecule has 0 unspecified atom stereocenters. The van der Waals surface area contributed by atoms with Gasteiger partial charge in [0.05, 0.1) is 22.5 Å². The van der Waals surface area contributed by atoms with Gasteiger partial charge in [0, 0.05) is 0 Å². The van der Waals surface area contributed by atoms with Crippen LogP contribution in [-0.2, 0) is 4.79 Å². The van der Waals surface area contributed by atoms with E-state index in [4.69, 9.17) is 4.74 Å². The molecule has 0 fully saturated rings. The fourth-order valence-electron chi connectivity index (χ4n) is 3.25. The second-order valence-electron chi connectivity index (χ2n) is 6.61. The van der Waals surface area contributed by atoms with Crippen LogP contribution in [0, 0.1) is 6.92 Å². The lowest BCUT2D eigenvalue weighted by atomic mass is 10.1. The molecule has 0 atom stereocenters. The maximum Gasteiger partial charge on any atom is 0.268 e. The maximum absolute atomic E-state index is 13.0. The molecule has 0 radical (unpaired) electrons. The Morgan fingerprint density at radius 2 is 1.62 bits per heavy atom. The van der Waals surface area contributed by atoms with Crippen molar-refractivity contribution in [2.24, 2.45) is 0 Å². The average Bonchev–Trinajstić information content (AvgIpc) is 2.99. The highest BCUT2D eigenvalue weighted by molar-refractivity contribution is 6.36. The molecule has 0 saturated carbocycles. The summed E-state index contributed by atoms with van der Waals surface area (Å²) in [6.45, 7) is 1.68. The van der Waals surface area contributed by atoms with Crippen molar-refractivity contribution in [1.82, 2.24) is 0 Å². The van der Waals surface area contributed by atoms with E-state index in [0.717, 1.165) is 10.5 Å². The van der Waals surface area contributed by atoms with Gasteiger partial charge in [-0.25, -0.2) is 4.90 Å². The SMILES string of the molecule is Cc1ccccc1OCC(=O)Nc1cccc2c1C(=O)N(c1ccccc1)C2=O. The van der Waals surface area contributed by atoms with Gasteiger partial charge in [-0.3, -0.25) is 14.4 Å². The van der Waals surface area contributed by atoms with Crippen LogP contribution >= 0.6 is 0 Å². The molecule has 3 aromatic carbocycles. The van der Waals surface area contributed by atoms with E-state index in [2.05, 4.69) is 5.32 Å². The molecule has 1 aliphatic rings. The number of amides is 3. The summed E-state index contributed by atoms with van der Waals surface area (Å²) >= 11 is 0.